The highest BCUT2D eigenvalue weighted by Crippen LogP contribution is 2.33. The van der Waals surface area contributed by atoms with Gasteiger partial charge in [-0.05, 0) is 104 Å². The second kappa shape index (κ2) is 10.4. The molecular formula is C32H44N4. The van der Waals surface area contributed by atoms with E-state index in [0.717, 1.165) is 12.8 Å². The zero-order chi connectivity index (χ0) is 25.4. The van der Waals surface area contributed by atoms with Crippen LogP contribution in [0.15, 0.2) is 48.5 Å². The Kier molecular flexibility index (Phi) is 7.28. The van der Waals surface area contributed by atoms with Crippen LogP contribution in [-0.4, -0.2) is 59.2 Å². The summed E-state index contributed by atoms with van der Waals surface area (Å²) in [4.78, 5) is 4.63. The molecule has 0 saturated heterocycles. The number of likely N-dealkylation sites (N-methyl/N-ethyl adjacent to an activating group) is 2. The third kappa shape index (κ3) is 4.62. The van der Waals surface area contributed by atoms with Crippen LogP contribution in [0.1, 0.15) is 49.2 Å². The third-order valence-electron chi connectivity index (χ3n) is 8.74. The largest absolute Gasteiger partial charge is 0.344 e. The summed E-state index contributed by atoms with van der Waals surface area (Å²) in [6, 6.07) is 19.0. The molecule has 0 amide bonds. The van der Waals surface area contributed by atoms with Gasteiger partial charge in [-0.25, -0.2) is 0 Å². The molecule has 6 rings (SSSR count). The SMILES string of the molecule is CC(Cc1c2n(c3ccccc13)CCC2)N(C)C.CC(Cc1c2n(c3ccccc13)CCC2)N(C)C. The number of fused-ring (bicyclic) bond motifs is 6. The third-order valence-corrected chi connectivity index (χ3v) is 8.74. The Labute approximate surface area is 217 Å². The molecule has 2 aliphatic heterocycles. The first-order chi connectivity index (χ1) is 17.4. The van der Waals surface area contributed by atoms with Crippen molar-refractivity contribution in [1.29, 1.82) is 0 Å². The van der Waals surface area contributed by atoms with Gasteiger partial charge in [-0.15, -0.1) is 0 Å². The maximum atomic E-state index is 2.53. The molecule has 4 heterocycles. The molecule has 4 nitrogen and oxygen atoms in total. The van der Waals surface area contributed by atoms with Gasteiger partial charge in [0.1, 0.15) is 0 Å². The molecule has 0 N–H and O–H groups in total. The van der Waals surface area contributed by atoms with E-state index in [2.05, 4.69) is 110 Å². The molecule has 2 unspecified atom stereocenters. The number of hydrogen-bond acceptors (Lipinski definition) is 2. The topological polar surface area (TPSA) is 16.3 Å². The fourth-order valence-corrected chi connectivity index (χ4v) is 6.16. The molecule has 2 atom stereocenters. The summed E-state index contributed by atoms with van der Waals surface area (Å²) < 4.78 is 5.07. The lowest BCUT2D eigenvalue weighted by molar-refractivity contribution is 0.312. The monoisotopic (exact) mass is 484 g/mol. The number of benzene rings is 2. The van der Waals surface area contributed by atoms with Crippen molar-refractivity contribution in [2.24, 2.45) is 0 Å². The van der Waals surface area contributed by atoms with Crippen molar-refractivity contribution >= 4 is 21.8 Å². The number of para-hydroxylation sites is 2. The van der Waals surface area contributed by atoms with Crippen LogP contribution in [0.2, 0.25) is 0 Å². The standard InChI is InChI=1S/2C16H22N2/c2*1-12(17(2)3)11-14-13-7-4-5-8-15(13)18-10-6-9-16(14)18/h2*4-5,7-8,12H,6,9-11H2,1-3H3. The minimum atomic E-state index is 0.598. The first-order valence-corrected chi connectivity index (χ1v) is 13.9. The molecule has 0 bridgehead atoms. The van der Waals surface area contributed by atoms with Gasteiger partial charge in [0, 0.05) is 58.4 Å². The van der Waals surface area contributed by atoms with E-state index in [4.69, 9.17) is 0 Å². The van der Waals surface area contributed by atoms with Gasteiger partial charge in [-0.1, -0.05) is 36.4 Å². The van der Waals surface area contributed by atoms with Crippen molar-refractivity contribution in [2.45, 2.75) is 77.5 Å². The second-order valence-electron chi connectivity index (χ2n) is 11.4. The van der Waals surface area contributed by atoms with Crippen molar-refractivity contribution < 1.29 is 0 Å². The molecule has 2 aromatic carbocycles. The second-order valence-corrected chi connectivity index (χ2v) is 11.4. The highest BCUT2D eigenvalue weighted by atomic mass is 15.1. The fraction of sp³-hybridized carbons (Fsp3) is 0.500. The molecule has 0 saturated carbocycles. The molecule has 0 aliphatic carbocycles. The Bertz CT molecular complexity index is 1240. The molecule has 4 aromatic rings. The van der Waals surface area contributed by atoms with Crippen LogP contribution >= 0.6 is 0 Å². The normalized spacial score (nSPS) is 16.4. The average molecular weight is 485 g/mol. The van der Waals surface area contributed by atoms with Crippen molar-refractivity contribution in [1.82, 2.24) is 18.9 Å². The van der Waals surface area contributed by atoms with Crippen molar-refractivity contribution in [3.05, 3.63) is 71.0 Å². The number of rotatable bonds is 6. The van der Waals surface area contributed by atoms with Gasteiger partial charge in [0.05, 0.1) is 0 Å². The van der Waals surface area contributed by atoms with Crippen LogP contribution in [0.5, 0.6) is 0 Å². The van der Waals surface area contributed by atoms with Gasteiger partial charge >= 0.3 is 0 Å². The summed E-state index contributed by atoms with van der Waals surface area (Å²) in [5.74, 6) is 0. The molecule has 0 radical (unpaired) electrons. The van der Waals surface area contributed by atoms with Gasteiger partial charge in [-0.2, -0.15) is 0 Å². The quantitative estimate of drug-likeness (QED) is 0.326. The average Bonchev–Trinajstić information content (AvgIpc) is 3.64. The predicted molar refractivity (Wildman–Crippen MR) is 154 cm³/mol. The zero-order valence-corrected chi connectivity index (χ0v) is 23.2. The maximum Gasteiger partial charge on any atom is 0.0485 e. The number of aryl methyl sites for hydroxylation is 2. The number of hydrogen-bond donors (Lipinski definition) is 0. The number of aromatic nitrogens is 2. The Hall–Kier alpha value is -2.56. The summed E-state index contributed by atoms with van der Waals surface area (Å²) in [6.45, 7) is 7.03. The van der Waals surface area contributed by atoms with E-state index in [0.29, 0.717) is 12.1 Å². The predicted octanol–water partition coefficient (Wildman–Crippen LogP) is 6.16. The zero-order valence-electron chi connectivity index (χ0n) is 23.2. The van der Waals surface area contributed by atoms with Gasteiger partial charge in [0.25, 0.3) is 0 Å². The van der Waals surface area contributed by atoms with Crippen molar-refractivity contribution in [3.8, 4) is 0 Å². The first kappa shape index (κ1) is 25.1. The number of nitrogens with zero attached hydrogens (tertiary/aromatic N) is 4. The fourth-order valence-electron chi connectivity index (χ4n) is 6.16. The highest BCUT2D eigenvalue weighted by Gasteiger charge is 2.23. The molecule has 0 fully saturated rings. The minimum Gasteiger partial charge on any atom is -0.344 e. The van der Waals surface area contributed by atoms with E-state index >= 15 is 0 Å². The van der Waals surface area contributed by atoms with E-state index in [1.807, 2.05) is 0 Å². The van der Waals surface area contributed by atoms with E-state index in [1.165, 1.54) is 60.6 Å². The van der Waals surface area contributed by atoms with E-state index in [-0.39, 0.29) is 0 Å². The summed E-state index contributed by atoms with van der Waals surface area (Å²) in [5.41, 5.74) is 9.22. The van der Waals surface area contributed by atoms with Crippen molar-refractivity contribution in [3.63, 3.8) is 0 Å². The molecule has 2 aliphatic rings. The lowest BCUT2D eigenvalue weighted by Crippen LogP contribution is -2.26. The van der Waals surface area contributed by atoms with Gasteiger partial charge in [0.2, 0.25) is 0 Å². The molecule has 36 heavy (non-hydrogen) atoms. The molecule has 4 heteroatoms. The molecular weight excluding hydrogens is 440 g/mol. The maximum absolute atomic E-state index is 2.53. The van der Waals surface area contributed by atoms with Crippen LogP contribution in [0.3, 0.4) is 0 Å². The lowest BCUT2D eigenvalue weighted by atomic mass is 10.0. The van der Waals surface area contributed by atoms with E-state index < -0.39 is 0 Å². The van der Waals surface area contributed by atoms with Crippen LogP contribution < -0.4 is 0 Å². The minimum absolute atomic E-state index is 0.598. The van der Waals surface area contributed by atoms with E-state index in [1.54, 1.807) is 22.5 Å². The van der Waals surface area contributed by atoms with Gasteiger partial charge in [-0.3, -0.25) is 0 Å². The van der Waals surface area contributed by atoms with Crippen molar-refractivity contribution in [2.75, 3.05) is 28.2 Å². The summed E-state index contributed by atoms with van der Waals surface area (Å²) in [7, 11) is 8.68. The Morgan fingerprint density at radius 1 is 0.639 bits per heavy atom. The summed E-state index contributed by atoms with van der Waals surface area (Å²) in [6.07, 6.45) is 7.45. The molecule has 2 aromatic heterocycles. The first-order valence-electron chi connectivity index (χ1n) is 13.9. The van der Waals surface area contributed by atoms with Gasteiger partial charge in [0.15, 0.2) is 0 Å². The van der Waals surface area contributed by atoms with Crippen LogP contribution in [0.25, 0.3) is 21.8 Å². The Morgan fingerprint density at radius 3 is 1.42 bits per heavy atom. The lowest BCUT2D eigenvalue weighted by Gasteiger charge is -2.20. The van der Waals surface area contributed by atoms with Gasteiger partial charge < -0.3 is 18.9 Å². The Morgan fingerprint density at radius 2 is 1.03 bits per heavy atom. The van der Waals surface area contributed by atoms with Crippen LogP contribution in [-0.2, 0) is 38.8 Å². The Balaban J connectivity index is 0.000000148. The van der Waals surface area contributed by atoms with Crippen LogP contribution in [0.4, 0.5) is 0 Å². The molecule has 0 spiro atoms. The molecule has 192 valence electrons. The summed E-state index contributed by atoms with van der Waals surface area (Å²) >= 11 is 0. The smallest absolute Gasteiger partial charge is 0.0485 e. The highest BCUT2D eigenvalue weighted by molar-refractivity contribution is 5.86. The summed E-state index contributed by atoms with van der Waals surface area (Å²) in [5, 5.41) is 2.95. The van der Waals surface area contributed by atoms with Crippen LogP contribution in [0, 0.1) is 0 Å². The van der Waals surface area contributed by atoms with E-state index in [9.17, 15) is 0 Å².